The van der Waals surface area contributed by atoms with Crippen LogP contribution in [0.15, 0.2) is 0 Å². The van der Waals surface area contributed by atoms with Crippen LogP contribution in [0, 0.1) is 5.92 Å². The molecule has 0 aromatic heterocycles. The molecule has 0 aromatic rings. The standard InChI is InChI=1S/C15H32N4O2/c1-10(2)14(16)15(21)18-9-13(20)17-7-8-19(11(3)4)12(5)6/h10-12,14H,7-9,16H2,1-6H3,(H,17,20)(H,18,21)/t14-/m0/s1. The molecule has 2 amide bonds. The quantitative estimate of drug-likeness (QED) is 0.572. The van der Waals surface area contributed by atoms with Crippen molar-refractivity contribution in [3.8, 4) is 0 Å². The van der Waals surface area contributed by atoms with Gasteiger partial charge in [-0.1, -0.05) is 13.8 Å². The molecular weight excluding hydrogens is 268 g/mol. The van der Waals surface area contributed by atoms with E-state index in [1.54, 1.807) is 0 Å². The third-order valence-corrected chi connectivity index (χ3v) is 3.46. The highest BCUT2D eigenvalue weighted by atomic mass is 16.2. The molecular formula is C15H32N4O2. The fourth-order valence-electron chi connectivity index (χ4n) is 2.09. The minimum atomic E-state index is -0.574. The van der Waals surface area contributed by atoms with Gasteiger partial charge in [0, 0.05) is 25.2 Å². The van der Waals surface area contributed by atoms with Gasteiger partial charge >= 0.3 is 0 Å². The third kappa shape index (κ3) is 8.02. The first-order valence-electron chi connectivity index (χ1n) is 7.72. The van der Waals surface area contributed by atoms with Crippen LogP contribution in [0.2, 0.25) is 0 Å². The van der Waals surface area contributed by atoms with Gasteiger partial charge in [0.05, 0.1) is 12.6 Å². The largest absolute Gasteiger partial charge is 0.353 e. The Kier molecular flexibility index (Phi) is 9.21. The highest BCUT2D eigenvalue weighted by molar-refractivity contribution is 5.87. The van der Waals surface area contributed by atoms with Crippen LogP contribution in [0.4, 0.5) is 0 Å². The topological polar surface area (TPSA) is 87.5 Å². The van der Waals surface area contributed by atoms with Crippen LogP contribution in [0.3, 0.4) is 0 Å². The Labute approximate surface area is 128 Å². The van der Waals surface area contributed by atoms with E-state index in [9.17, 15) is 9.59 Å². The van der Waals surface area contributed by atoms with E-state index < -0.39 is 6.04 Å². The van der Waals surface area contributed by atoms with Crippen molar-refractivity contribution in [3.63, 3.8) is 0 Å². The Morgan fingerprint density at radius 1 is 1.00 bits per heavy atom. The molecule has 1 atom stereocenters. The van der Waals surface area contributed by atoms with E-state index in [4.69, 9.17) is 5.73 Å². The summed E-state index contributed by atoms with van der Waals surface area (Å²) < 4.78 is 0. The Balaban J connectivity index is 3.98. The molecule has 0 spiro atoms. The summed E-state index contributed by atoms with van der Waals surface area (Å²) in [7, 11) is 0. The maximum atomic E-state index is 11.7. The maximum absolute atomic E-state index is 11.7. The number of hydrogen-bond acceptors (Lipinski definition) is 4. The van der Waals surface area contributed by atoms with Crippen molar-refractivity contribution < 1.29 is 9.59 Å². The first-order valence-corrected chi connectivity index (χ1v) is 7.72. The lowest BCUT2D eigenvalue weighted by molar-refractivity contribution is -0.127. The summed E-state index contributed by atoms with van der Waals surface area (Å²) in [6.45, 7) is 13.6. The molecule has 21 heavy (non-hydrogen) atoms. The van der Waals surface area contributed by atoms with Crippen molar-refractivity contribution >= 4 is 11.8 Å². The van der Waals surface area contributed by atoms with Crippen molar-refractivity contribution in [2.75, 3.05) is 19.6 Å². The Morgan fingerprint density at radius 3 is 1.95 bits per heavy atom. The fourth-order valence-corrected chi connectivity index (χ4v) is 2.09. The summed E-state index contributed by atoms with van der Waals surface area (Å²) in [6, 6.07) is 0.298. The number of amides is 2. The van der Waals surface area contributed by atoms with E-state index in [1.165, 1.54) is 0 Å². The third-order valence-electron chi connectivity index (χ3n) is 3.46. The highest BCUT2D eigenvalue weighted by Gasteiger charge is 2.17. The summed E-state index contributed by atoms with van der Waals surface area (Å²) in [5.74, 6) is -0.420. The van der Waals surface area contributed by atoms with Crippen molar-refractivity contribution in [2.45, 2.75) is 59.7 Å². The van der Waals surface area contributed by atoms with E-state index in [1.807, 2.05) is 13.8 Å². The molecule has 0 saturated carbocycles. The zero-order valence-electron chi connectivity index (χ0n) is 14.3. The van der Waals surface area contributed by atoms with Gasteiger partial charge in [-0.25, -0.2) is 0 Å². The number of hydrogen-bond donors (Lipinski definition) is 3. The van der Waals surface area contributed by atoms with Crippen LogP contribution in [-0.4, -0.2) is 54.5 Å². The molecule has 0 heterocycles. The van der Waals surface area contributed by atoms with Crippen molar-refractivity contribution in [3.05, 3.63) is 0 Å². The van der Waals surface area contributed by atoms with E-state index in [0.717, 1.165) is 6.54 Å². The average molecular weight is 300 g/mol. The van der Waals surface area contributed by atoms with Crippen LogP contribution < -0.4 is 16.4 Å². The van der Waals surface area contributed by atoms with Gasteiger partial charge in [-0.05, 0) is 33.6 Å². The van der Waals surface area contributed by atoms with E-state index in [2.05, 4.69) is 43.2 Å². The number of rotatable bonds is 9. The van der Waals surface area contributed by atoms with Crippen LogP contribution in [0.25, 0.3) is 0 Å². The van der Waals surface area contributed by atoms with Gasteiger partial charge in [0.25, 0.3) is 0 Å². The second kappa shape index (κ2) is 9.73. The number of nitrogens with zero attached hydrogens (tertiary/aromatic N) is 1. The molecule has 0 aromatic carbocycles. The van der Waals surface area contributed by atoms with E-state index >= 15 is 0 Å². The van der Waals surface area contributed by atoms with Gasteiger partial charge in [-0.3, -0.25) is 14.5 Å². The van der Waals surface area contributed by atoms with Gasteiger partial charge in [-0.2, -0.15) is 0 Å². The smallest absolute Gasteiger partial charge is 0.239 e. The Bertz CT molecular complexity index is 322. The first-order chi connectivity index (χ1) is 9.66. The molecule has 0 fully saturated rings. The SMILES string of the molecule is CC(C)[C@H](N)C(=O)NCC(=O)NCCN(C(C)C)C(C)C. The monoisotopic (exact) mass is 300 g/mol. The zero-order valence-corrected chi connectivity index (χ0v) is 14.3. The molecule has 0 saturated heterocycles. The molecule has 0 unspecified atom stereocenters. The summed E-state index contributed by atoms with van der Waals surface area (Å²) in [4.78, 5) is 25.6. The molecule has 124 valence electrons. The van der Waals surface area contributed by atoms with Gasteiger partial charge < -0.3 is 16.4 Å². The van der Waals surface area contributed by atoms with Gasteiger partial charge in [-0.15, -0.1) is 0 Å². The van der Waals surface area contributed by atoms with Crippen LogP contribution in [-0.2, 0) is 9.59 Å². The minimum Gasteiger partial charge on any atom is -0.353 e. The summed E-state index contributed by atoms with van der Waals surface area (Å²) >= 11 is 0. The fraction of sp³-hybridized carbons (Fsp3) is 0.867. The predicted octanol–water partition coefficient (Wildman–Crippen LogP) is 0.321. The van der Waals surface area contributed by atoms with Crippen molar-refractivity contribution in [1.29, 1.82) is 0 Å². The predicted molar refractivity (Wildman–Crippen MR) is 85.8 cm³/mol. The van der Waals surface area contributed by atoms with E-state index in [-0.39, 0.29) is 24.3 Å². The van der Waals surface area contributed by atoms with Gasteiger partial charge in [0.1, 0.15) is 0 Å². The number of carbonyl (C=O) groups excluding carboxylic acids is 2. The average Bonchev–Trinajstić information content (AvgIpc) is 2.38. The van der Waals surface area contributed by atoms with Crippen molar-refractivity contribution in [1.82, 2.24) is 15.5 Å². The molecule has 0 aliphatic carbocycles. The highest BCUT2D eigenvalue weighted by Crippen LogP contribution is 2.03. The lowest BCUT2D eigenvalue weighted by atomic mass is 10.1. The van der Waals surface area contributed by atoms with E-state index in [0.29, 0.717) is 18.6 Å². The molecule has 0 aliphatic heterocycles. The van der Waals surface area contributed by atoms with Crippen LogP contribution in [0.5, 0.6) is 0 Å². The Hall–Kier alpha value is -1.14. The molecule has 6 nitrogen and oxygen atoms in total. The molecule has 0 radical (unpaired) electrons. The second-order valence-corrected chi connectivity index (χ2v) is 6.26. The summed E-state index contributed by atoms with van der Waals surface area (Å²) in [5, 5.41) is 5.37. The number of nitrogens with two attached hydrogens (primary N) is 1. The van der Waals surface area contributed by atoms with Gasteiger partial charge in [0.15, 0.2) is 0 Å². The Morgan fingerprint density at radius 2 is 1.52 bits per heavy atom. The molecule has 0 bridgehead atoms. The summed E-state index contributed by atoms with van der Waals surface area (Å²) in [6.07, 6.45) is 0. The molecule has 0 rings (SSSR count). The maximum Gasteiger partial charge on any atom is 0.239 e. The normalized spacial score (nSPS) is 13.1. The lowest BCUT2D eigenvalue weighted by Gasteiger charge is -2.30. The minimum absolute atomic E-state index is 0.0252. The molecule has 6 heteroatoms. The van der Waals surface area contributed by atoms with Crippen LogP contribution >= 0.6 is 0 Å². The number of nitrogens with one attached hydrogen (secondary N) is 2. The molecule has 4 N–H and O–H groups in total. The summed E-state index contributed by atoms with van der Waals surface area (Å²) in [5.41, 5.74) is 5.70. The first kappa shape index (κ1) is 19.9. The lowest BCUT2D eigenvalue weighted by Crippen LogP contribution is -2.48. The second-order valence-electron chi connectivity index (χ2n) is 6.26. The van der Waals surface area contributed by atoms with Gasteiger partial charge in [0.2, 0.25) is 11.8 Å². The molecule has 0 aliphatic rings. The zero-order chi connectivity index (χ0) is 16.6. The number of carbonyl (C=O) groups is 2. The van der Waals surface area contributed by atoms with Crippen LogP contribution in [0.1, 0.15) is 41.5 Å². The van der Waals surface area contributed by atoms with Crippen molar-refractivity contribution in [2.24, 2.45) is 11.7 Å².